The molecule has 4 rings (SSSR count). The summed E-state index contributed by atoms with van der Waals surface area (Å²) < 4.78 is 0. The fraction of sp³-hybridized carbons (Fsp3) is 0.130. The summed E-state index contributed by atoms with van der Waals surface area (Å²) in [5, 5.41) is 11.7. The first-order valence-corrected chi connectivity index (χ1v) is 10.8. The van der Waals surface area contributed by atoms with Gasteiger partial charge in [-0.05, 0) is 53.1 Å². The lowest BCUT2D eigenvalue weighted by molar-refractivity contribution is -0.140. The maximum atomic E-state index is 13.5. The Morgan fingerprint density at radius 2 is 1.55 bits per heavy atom. The molecule has 3 aromatic rings. The Labute approximate surface area is 198 Å². The van der Waals surface area contributed by atoms with Crippen molar-refractivity contribution in [3.8, 4) is 0 Å². The molecule has 0 bridgehead atoms. The molecule has 0 saturated heterocycles. The largest absolute Gasteiger partial charge is 0.481 e. The number of rotatable bonds is 4. The normalized spacial score (nSPS) is 18.1. The predicted octanol–water partition coefficient (Wildman–Crippen LogP) is 6.87. The van der Waals surface area contributed by atoms with Crippen LogP contribution < -0.4 is 0 Å². The number of carbonyl (C=O) groups excluding carboxylic acids is 1. The third-order valence-corrected chi connectivity index (χ3v) is 6.26. The summed E-state index contributed by atoms with van der Waals surface area (Å²) in [7, 11) is 0. The molecule has 4 nitrogen and oxygen atoms in total. The van der Waals surface area contributed by atoms with E-state index in [0.717, 1.165) is 0 Å². The minimum Gasteiger partial charge on any atom is -0.481 e. The predicted molar refractivity (Wildman–Crippen MR) is 122 cm³/mol. The quantitative estimate of drug-likeness (QED) is 0.430. The molecule has 8 heteroatoms. The molecule has 0 aromatic heterocycles. The number of carboxylic acid groups (broad SMARTS) is 1. The minimum atomic E-state index is -1.06. The molecule has 0 spiro atoms. The number of carboxylic acids is 1. The molecular weight excluding hydrogens is 480 g/mol. The molecule has 158 valence electrons. The van der Waals surface area contributed by atoms with E-state index >= 15 is 0 Å². The summed E-state index contributed by atoms with van der Waals surface area (Å²) in [5.74, 6) is -2.40. The zero-order chi connectivity index (χ0) is 22.3. The highest BCUT2D eigenvalue weighted by atomic mass is 35.5. The molecule has 1 aliphatic heterocycles. The third-order valence-electron chi connectivity index (χ3n) is 5.26. The molecule has 0 fully saturated rings. The van der Waals surface area contributed by atoms with E-state index in [2.05, 4.69) is 0 Å². The molecule has 31 heavy (non-hydrogen) atoms. The molecule has 1 amide bonds. The Hall–Kier alpha value is -2.24. The zero-order valence-corrected chi connectivity index (χ0v) is 18.9. The van der Waals surface area contributed by atoms with Crippen molar-refractivity contribution in [2.24, 2.45) is 0 Å². The topological polar surface area (TPSA) is 57.6 Å². The molecule has 0 saturated carbocycles. The number of nitrogens with zero attached hydrogens (tertiary/aromatic N) is 1. The first-order valence-electron chi connectivity index (χ1n) is 9.29. The van der Waals surface area contributed by atoms with Crippen LogP contribution in [0.2, 0.25) is 20.1 Å². The molecule has 2 atom stereocenters. The van der Waals surface area contributed by atoms with E-state index in [4.69, 9.17) is 46.4 Å². The van der Waals surface area contributed by atoms with E-state index in [1.165, 1.54) is 11.0 Å². The average Bonchev–Trinajstić information content (AvgIpc) is 2.69. The van der Waals surface area contributed by atoms with Crippen molar-refractivity contribution in [3.05, 3.63) is 103 Å². The first kappa shape index (κ1) is 22.0. The number of fused-ring (bicyclic) bond motifs is 1. The molecular formula is C23H15Cl4NO3. The molecule has 1 N–H and O–H groups in total. The van der Waals surface area contributed by atoms with Crippen molar-refractivity contribution in [1.82, 2.24) is 4.90 Å². The van der Waals surface area contributed by atoms with E-state index in [1.807, 2.05) is 0 Å². The van der Waals surface area contributed by atoms with Gasteiger partial charge in [0.05, 0.1) is 6.04 Å². The van der Waals surface area contributed by atoms with Crippen molar-refractivity contribution in [2.45, 2.75) is 18.5 Å². The van der Waals surface area contributed by atoms with Crippen LogP contribution in [0, 0.1) is 0 Å². The van der Waals surface area contributed by atoms with Gasteiger partial charge in [0.25, 0.3) is 5.91 Å². The summed E-state index contributed by atoms with van der Waals surface area (Å²) >= 11 is 24.8. The van der Waals surface area contributed by atoms with E-state index in [0.29, 0.717) is 37.3 Å². The van der Waals surface area contributed by atoms with Crippen LogP contribution in [0.5, 0.6) is 0 Å². The zero-order valence-electron chi connectivity index (χ0n) is 15.9. The number of carbonyl (C=O) groups is 2. The van der Waals surface area contributed by atoms with Crippen molar-refractivity contribution in [2.75, 3.05) is 0 Å². The molecule has 0 aliphatic carbocycles. The van der Waals surface area contributed by atoms with Gasteiger partial charge in [-0.3, -0.25) is 9.59 Å². The van der Waals surface area contributed by atoms with Gasteiger partial charge in [-0.1, -0.05) is 70.7 Å². The van der Waals surface area contributed by atoms with Crippen LogP contribution in [-0.2, 0) is 11.3 Å². The SMILES string of the molecule is O=C(O)C1c2ccccc2C(=O)N(Cc2cc(Cl)cc(Cl)c2)C1c1ccc(Cl)cc1Cl. The van der Waals surface area contributed by atoms with E-state index in [-0.39, 0.29) is 17.5 Å². The van der Waals surface area contributed by atoms with Gasteiger partial charge < -0.3 is 10.0 Å². The lowest BCUT2D eigenvalue weighted by Crippen LogP contribution is -2.44. The summed E-state index contributed by atoms with van der Waals surface area (Å²) in [6, 6.07) is 15.7. The maximum Gasteiger partial charge on any atom is 0.313 e. The van der Waals surface area contributed by atoms with Crippen molar-refractivity contribution in [3.63, 3.8) is 0 Å². The highest BCUT2D eigenvalue weighted by molar-refractivity contribution is 6.35. The molecule has 0 radical (unpaired) electrons. The Morgan fingerprint density at radius 3 is 2.19 bits per heavy atom. The second-order valence-electron chi connectivity index (χ2n) is 7.22. The highest BCUT2D eigenvalue weighted by Gasteiger charge is 2.45. The standard InChI is InChI=1S/C23H15Cl4NO3/c24-13-5-6-18(19(27)10-13)21-20(23(30)31)16-3-1-2-4-17(16)22(29)28(21)11-12-7-14(25)9-15(26)8-12/h1-10,20-21H,11H2,(H,30,31). The Bertz CT molecular complexity index is 1180. The van der Waals surface area contributed by atoms with E-state index in [9.17, 15) is 14.7 Å². The van der Waals surface area contributed by atoms with E-state index in [1.54, 1.807) is 54.6 Å². The lowest BCUT2D eigenvalue weighted by atomic mass is 9.79. The number of hydrogen-bond acceptors (Lipinski definition) is 2. The van der Waals surface area contributed by atoms with Gasteiger partial charge in [-0.15, -0.1) is 0 Å². The van der Waals surface area contributed by atoms with Gasteiger partial charge >= 0.3 is 5.97 Å². The second kappa shape index (κ2) is 8.71. The number of benzene rings is 3. The van der Waals surface area contributed by atoms with Crippen LogP contribution in [-0.4, -0.2) is 21.9 Å². The number of amides is 1. The molecule has 3 aromatic carbocycles. The fourth-order valence-corrected chi connectivity index (χ4v) is 5.11. The van der Waals surface area contributed by atoms with Crippen LogP contribution in [0.1, 0.15) is 39.0 Å². The number of aliphatic carboxylic acids is 1. The Morgan fingerprint density at radius 1 is 0.871 bits per heavy atom. The summed E-state index contributed by atoms with van der Waals surface area (Å²) in [4.78, 5) is 27.5. The van der Waals surface area contributed by atoms with Gasteiger partial charge in [0, 0.05) is 32.2 Å². The summed E-state index contributed by atoms with van der Waals surface area (Å²) in [6.07, 6.45) is 0. The minimum absolute atomic E-state index is 0.0981. The lowest BCUT2D eigenvalue weighted by Gasteiger charge is -2.41. The molecule has 1 heterocycles. The second-order valence-corrected chi connectivity index (χ2v) is 8.94. The fourth-order valence-electron chi connectivity index (χ4n) is 4.02. The Balaban J connectivity index is 1.92. The van der Waals surface area contributed by atoms with Gasteiger partial charge in [0.2, 0.25) is 0 Å². The van der Waals surface area contributed by atoms with Crippen LogP contribution >= 0.6 is 46.4 Å². The van der Waals surface area contributed by atoms with Crippen LogP contribution in [0.25, 0.3) is 0 Å². The van der Waals surface area contributed by atoms with Crippen LogP contribution in [0.3, 0.4) is 0 Å². The van der Waals surface area contributed by atoms with Gasteiger partial charge in [0.15, 0.2) is 0 Å². The van der Waals surface area contributed by atoms with Gasteiger partial charge in [0.1, 0.15) is 5.92 Å². The number of halogens is 4. The third kappa shape index (κ3) is 4.26. The van der Waals surface area contributed by atoms with Crippen molar-refractivity contribution < 1.29 is 14.7 Å². The first-order chi connectivity index (χ1) is 14.8. The smallest absolute Gasteiger partial charge is 0.313 e. The molecule has 2 unspecified atom stereocenters. The van der Waals surface area contributed by atoms with Gasteiger partial charge in [-0.2, -0.15) is 0 Å². The summed E-state index contributed by atoms with van der Waals surface area (Å²) in [6.45, 7) is 0.0981. The van der Waals surface area contributed by atoms with Gasteiger partial charge in [-0.25, -0.2) is 0 Å². The van der Waals surface area contributed by atoms with E-state index < -0.39 is 17.9 Å². The van der Waals surface area contributed by atoms with Crippen molar-refractivity contribution in [1.29, 1.82) is 0 Å². The number of hydrogen-bond donors (Lipinski definition) is 1. The van der Waals surface area contributed by atoms with Crippen LogP contribution in [0.4, 0.5) is 0 Å². The van der Waals surface area contributed by atoms with Crippen molar-refractivity contribution >= 4 is 58.3 Å². The van der Waals surface area contributed by atoms with Crippen LogP contribution in [0.15, 0.2) is 60.7 Å². The Kier molecular flexibility index (Phi) is 6.18. The summed E-state index contributed by atoms with van der Waals surface area (Å²) in [5.41, 5.74) is 1.94. The average molecular weight is 495 g/mol. The highest BCUT2D eigenvalue weighted by Crippen LogP contribution is 2.46. The maximum absolute atomic E-state index is 13.5. The monoisotopic (exact) mass is 493 g/mol. The molecule has 1 aliphatic rings.